The van der Waals surface area contributed by atoms with Gasteiger partial charge in [0.05, 0.1) is 21.3 Å². The van der Waals surface area contributed by atoms with Crippen LogP contribution < -0.4 is 4.74 Å². The van der Waals surface area contributed by atoms with Crippen LogP contribution in [0, 0.1) is 0 Å². The summed E-state index contributed by atoms with van der Waals surface area (Å²) in [7, 11) is 3.94. The highest BCUT2D eigenvalue weighted by molar-refractivity contribution is 6.10. The highest BCUT2D eigenvalue weighted by Crippen LogP contribution is 2.41. The SMILES string of the molecule is COC(=O)/C=C/c1cc(OC)c2oc(-c3ccc(O)c(O)c3)c(C(=O)OC)c2c1. The van der Waals surface area contributed by atoms with Crippen molar-refractivity contribution in [1.82, 2.24) is 0 Å². The lowest BCUT2D eigenvalue weighted by atomic mass is 10.0. The van der Waals surface area contributed by atoms with E-state index in [9.17, 15) is 19.8 Å². The number of carbonyl (C=O) groups is 2. The lowest BCUT2D eigenvalue weighted by Gasteiger charge is -2.04. The second-order valence-corrected chi connectivity index (χ2v) is 5.96. The minimum absolute atomic E-state index is 0.110. The van der Waals surface area contributed by atoms with Crippen molar-refractivity contribution >= 4 is 29.0 Å². The van der Waals surface area contributed by atoms with Crippen molar-refractivity contribution < 1.29 is 38.4 Å². The smallest absolute Gasteiger partial charge is 0.342 e. The van der Waals surface area contributed by atoms with E-state index in [1.54, 1.807) is 12.1 Å². The number of rotatable bonds is 5. The maximum atomic E-state index is 12.5. The predicted octanol–water partition coefficient (Wildman–Crippen LogP) is 3.49. The van der Waals surface area contributed by atoms with E-state index in [0.29, 0.717) is 22.3 Å². The first-order chi connectivity index (χ1) is 13.9. The van der Waals surface area contributed by atoms with Gasteiger partial charge in [0.1, 0.15) is 11.3 Å². The average molecular weight is 398 g/mol. The molecule has 0 aliphatic heterocycles. The van der Waals surface area contributed by atoms with Gasteiger partial charge in [0.2, 0.25) is 0 Å². The number of aromatic hydroxyl groups is 2. The van der Waals surface area contributed by atoms with Gasteiger partial charge in [-0.3, -0.25) is 0 Å². The quantitative estimate of drug-likeness (QED) is 0.381. The Morgan fingerprint density at radius 3 is 2.38 bits per heavy atom. The van der Waals surface area contributed by atoms with Gasteiger partial charge in [-0.05, 0) is 42.0 Å². The summed E-state index contributed by atoms with van der Waals surface area (Å²) in [5, 5.41) is 19.8. The third-order valence-electron chi connectivity index (χ3n) is 4.24. The molecule has 0 aliphatic rings. The number of carbonyl (C=O) groups excluding carboxylic acids is 2. The molecule has 0 fully saturated rings. The Bertz CT molecular complexity index is 1120. The molecule has 8 nitrogen and oxygen atoms in total. The summed E-state index contributed by atoms with van der Waals surface area (Å²) in [6, 6.07) is 7.30. The molecule has 0 saturated carbocycles. The molecule has 0 aliphatic carbocycles. The maximum absolute atomic E-state index is 12.5. The highest BCUT2D eigenvalue weighted by Gasteiger charge is 2.25. The number of phenols is 2. The number of fused-ring (bicyclic) bond motifs is 1. The van der Waals surface area contributed by atoms with Crippen LogP contribution in [0.2, 0.25) is 0 Å². The Morgan fingerprint density at radius 1 is 1.00 bits per heavy atom. The highest BCUT2D eigenvalue weighted by atomic mass is 16.5. The van der Waals surface area contributed by atoms with E-state index < -0.39 is 11.9 Å². The number of furan rings is 1. The van der Waals surface area contributed by atoms with Crippen LogP contribution in [-0.2, 0) is 14.3 Å². The molecule has 3 rings (SSSR count). The summed E-state index contributed by atoms with van der Waals surface area (Å²) in [6.45, 7) is 0. The van der Waals surface area contributed by atoms with E-state index >= 15 is 0 Å². The van der Waals surface area contributed by atoms with Gasteiger partial charge >= 0.3 is 11.9 Å². The molecule has 0 unspecified atom stereocenters. The van der Waals surface area contributed by atoms with Gasteiger partial charge in [-0.15, -0.1) is 0 Å². The number of ether oxygens (including phenoxy) is 3. The van der Waals surface area contributed by atoms with Gasteiger partial charge in [0.25, 0.3) is 0 Å². The first-order valence-electron chi connectivity index (χ1n) is 8.40. The minimum atomic E-state index is -0.664. The first-order valence-corrected chi connectivity index (χ1v) is 8.40. The molecule has 0 saturated heterocycles. The first kappa shape index (κ1) is 19.8. The van der Waals surface area contributed by atoms with Crippen molar-refractivity contribution in [3.63, 3.8) is 0 Å². The molecule has 8 heteroatoms. The van der Waals surface area contributed by atoms with E-state index in [1.165, 1.54) is 51.7 Å². The Hall–Kier alpha value is -3.94. The fourth-order valence-corrected chi connectivity index (χ4v) is 2.84. The van der Waals surface area contributed by atoms with Gasteiger partial charge in [-0.1, -0.05) is 0 Å². The molecule has 1 aromatic heterocycles. The third kappa shape index (κ3) is 3.73. The van der Waals surface area contributed by atoms with Crippen LogP contribution in [0.25, 0.3) is 28.4 Å². The van der Waals surface area contributed by atoms with Crippen molar-refractivity contribution in [3.8, 4) is 28.6 Å². The number of hydrogen-bond donors (Lipinski definition) is 2. The van der Waals surface area contributed by atoms with Crippen LogP contribution in [0.1, 0.15) is 15.9 Å². The summed E-state index contributed by atoms with van der Waals surface area (Å²) in [5.41, 5.74) is 1.31. The molecule has 0 radical (unpaired) electrons. The van der Waals surface area contributed by atoms with E-state index in [1.807, 2.05) is 0 Å². The van der Waals surface area contributed by atoms with E-state index in [2.05, 4.69) is 4.74 Å². The second-order valence-electron chi connectivity index (χ2n) is 5.96. The van der Waals surface area contributed by atoms with Crippen LogP contribution >= 0.6 is 0 Å². The predicted molar refractivity (Wildman–Crippen MR) is 104 cm³/mol. The Labute approximate surface area is 165 Å². The standard InChI is InChI=1S/C21H18O8/c1-26-16-9-11(4-7-17(24)27-2)8-13-18(21(25)28-3)19(29-20(13)16)12-5-6-14(22)15(23)10-12/h4-10,22-23H,1-3H3/b7-4+. The van der Waals surface area contributed by atoms with E-state index in [0.717, 1.165) is 0 Å². The normalized spacial score (nSPS) is 11.0. The lowest BCUT2D eigenvalue weighted by Crippen LogP contribution is -2.02. The largest absolute Gasteiger partial charge is 0.504 e. The molecule has 0 spiro atoms. The number of methoxy groups -OCH3 is 3. The molecule has 2 aromatic carbocycles. The van der Waals surface area contributed by atoms with Crippen molar-refractivity contribution in [2.24, 2.45) is 0 Å². The van der Waals surface area contributed by atoms with Gasteiger partial charge in [-0.25, -0.2) is 9.59 Å². The summed E-state index contributed by atoms with van der Waals surface area (Å²) in [4.78, 5) is 23.9. The monoisotopic (exact) mass is 398 g/mol. The van der Waals surface area contributed by atoms with Gasteiger partial charge < -0.3 is 28.8 Å². The zero-order valence-electron chi connectivity index (χ0n) is 15.9. The Kier molecular flexibility index (Phi) is 5.45. The summed E-state index contributed by atoms with van der Waals surface area (Å²) in [6.07, 6.45) is 2.74. The van der Waals surface area contributed by atoms with Crippen LogP contribution in [0.15, 0.2) is 40.8 Å². The fourth-order valence-electron chi connectivity index (χ4n) is 2.84. The van der Waals surface area contributed by atoms with Crippen LogP contribution in [0.5, 0.6) is 17.2 Å². The average Bonchev–Trinajstić information content (AvgIpc) is 3.12. The molecular weight excluding hydrogens is 380 g/mol. The van der Waals surface area contributed by atoms with Gasteiger partial charge in [0, 0.05) is 17.0 Å². The van der Waals surface area contributed by atoms with Crippen LogP contribution in [-0.4, -0.2) is 43.5 Å². The van der Waals surface area contributed by atoms with E-state index in [-0.39, 0.29) is 28.4 Å². The molecule has 1 heterocycles. The maximum Gasteiger partial charge on any atom is 0.342 e. The number of phenolic OH excluding ortho intramolecular Hbond substituents is 2. The Morgan fingerprint density at radius 2 is 1.76 bits per heavy atom. The minimum Gasteiger partial charge on any atom is -0.504 e. The number of benzene rings is 2. The summed E-state index contributed by atoms with van der Waals surface area (Å²) in [5.74, 6) is -1.42. The molecule has 150 valence electrons. The topological polar surface area (TPSA) is 115 Å². The number of esters is 2. The van der Waals surface area contributed by atoms with Crippen LogP contribution in [0.3, 0.4) is 0 Å². The Balaban J connectivity index is 2.30. The molecule has 3 aromatic rings. The molecule has 0 atom stereocenters. The van der Waals surface area contributed by atoms with Crippen molar-refractivity contribution in [2.45, 2.75) is 0 Å². The molecule has 29 heavy (non-hydrogen) atoms. The van der Waals surface area contributed by atoms with Gasteiger partial charge in [0.15, 0.2) is 22.8 Å². The van der Waals surface area contributed by atoms with Crippen molar-refractivity contribution in [2.75, 3.05) is 21.3 Å². The summed E-state index contributed by atoms with van der Waals surface area (Å²) >= 11 is 0. The molecule has 2 N–H and O–H groups in total. The van der Waals surface area contributed by atoms with Gasteiger partial charge in [-0.2, -0.15) is 0 Å². The second kappa shape index (κ2) is 7.97. The molecular formula is C21H18O8. The molecule has 0 bridgehead atoms. The fraction of sp³-hybridized carbons (Fsp3) is 0.143. The van der Waals surface area contributed by atoms with Crippen molar-refractivity contribution in [1.29, 1.82) is 0 Å². The molecule has 0 amide bonds. The van der Waals surface area contributed by atoms with Crippen LogP contribution in [0.4, 0.5) is 0 Å². The van der Waals surface area contributed by atoms with Crippen molar-refractivity contribution in [3.05, 3.63) is 47.5 Å². The zero-order valence-corrected chi connectivity index (χ0v) is 15.9. The number of hydrogen-bond acceptors (Lipinski definition) is 8. The third-order valence-corrected chi connectivity index (χ3v) is 4.24. The van der Waals surface area contributed by atoms with E-state index in [4.69, 9.17) is 13.9 Å². The summed E-state index contributed by atoms with van der Waals surface area (Å²) < 4.78 is 20.8. The zero-order chi connectivity index (χ0) is 21.1. The lowest BCUT2D eigenvalue weighted by molar-refractivity contribution is -0.134.